The largest absolute Gasteiger partial charge is 0.241 e. The van der Waals surface area contributed by atoms with Gasteiger partial charge in [0.1, 0.15) is 0 Å². The first kappa shape index (κ1) is 19.0. The molecule has 0 radical (unpaired) electrons. The van der Waals surface area contributed by atoms with Gasteiger partial charge in [0.05, 0.1) is 11.2 Å². The van der Waals surface area contributed by atoms with E-state index in [1.807, 2.05) is 36.4 Å². The Kier molecular flexibility index (Phi) is 5.47. The fourth-order valence-electron chi connectivity index (χ4n) is 3.15. The lowest BCUT2D eigenvalue weighted by Gasteiger charge is -2.30. The summed E-state index contributed by atoms with van der Waals surface area (Å²) in [6, 6.07) is 16.0. The molecule has 1 heterocycles. The average Bonchev–Trinajstić information content (AvgIpc) is 2.62. The molecule has 1 aliphatic heterocycles. The Bertz CT molecular complexity index is 965. The van der Waals surface area contributed by atoms with Gasteiger partial charge >= 0.3 is 0 Å². The van der Waals surface area contributed by atoms with Crippen molar-refractivity contribution in [2.24, 2.45) is 0 Å². The van der Waals surface area contributed by atoms with Gasteiger partial charge in [-0.3, -0.25) is 0 Å². The molecule has 0 amide bonds. The summed E-state index contributed by atoms with van der Waals surface area (Å²) in [5, 5.41) is 0. The molecule has 1 aliphatic rings. The Morgan fingerprint density at radius 1 is 0.885 bits per heavy atom. The predicted octanol–water partition coefficient (Wildman–Crippen LogP) is 2.06. The highest BCUT2D eigenvalue weighted by molar-refractivity contribution is 7.89. The molecule has 1 N–H and O–H groups in total. The number of piperidine rings is 1. The van der Waals surface area contributed by atoms with E-state index in [0.29, 0.717) is 31.5 Å². The molecule has 0 aromatic heterocycles. The van der Waals surface area contributed by atoms with E-state index in [-0.39, 0.29) is 10.9 Å². The number of hydrogen-bond acceptors (Lipinski definition) is 4. The lowest BCUT2D eigenvalue weighted by molar-refractivity contribution is 0.310. The standard InChI is InChI=1S/C18H22N2O4S2/c1-25(21,22)20-13-11-16(12-14-20)19-26(23,24)18-10-6-5-9-17(18)15-7-3-2-4-8-15/h2-10,16,19H,11-14H2,1H3. The molecule has 0 atom stereocenters. The van der Waals surface area contributed by atoms with Gasteiger partial charge in [0.2, 0.25) is 20.0 Å². The molecule has 0 aliphatic carbocycles. The molecule has 0 spiro atoms. The number of hydrogen-bond donors (Lipinski definition) is 1. The molecule has 0 unspecified atom stereocenters. The van der Waals surface area contributed by atoms with Crippen molar-refractivity contribution in [1.82, 2.24) is 9.03 Å². The summed E-state index contributed by atoms with van der Waals surface area (Å²) < 4.78 is 53.2. The van der Waals surface area contributed by atoms with Crippen molar-refractivity contribution < 1.29 is 16.8 Å². The normalized spacial score (nSPS) is 17.3. The molecule has 2 aromatic rings. The summed E-state index contributed by atoms with van der Waals surface area (Å²) in [7, 11) is -6.94. The first-order chi connectivity index (χ1) is 12.3. The Morgan fingerprint density at radius 2 is 1.46 bits per heavy atom. The predicted molar refractivity (Wildman–Crippen MR) is 102 cm³/mol. The summed E-state index contributed by atoms with van der Waals surface area (Å²) >= 11 is 0. The van der Waals surface area contributed by atoms with Crippen LogP contribution in [-0.2, 0) is 20.0 Å². The van der Waals surface area contributed by atoms with Crippen LogP contribution < -0.4 is 4.72 Å². The van der Waals surface area contributed by atoms with Crippen molar-refractivity contribution in [2.75, 3.05) is 19.3 Å². The quantitative estimate of drug-likeness (QED) is 0.841. The third-order valence-corrected chi connectivity index (χ3v) is 7.39. The second-order valence-corrected chi connectivity index (χ2v) is 10.1. The van der Waals surface area contributed by atoms with Crippen LogP contribution in [0.15, 0.2) is 59.5 Å². The van der Waals surface area contributed by atoms with Crippen LogP contribution in [0.25, 0.3) is 11.1 Å². The molecule has 1 fully saturated rings. The zero-order chi connectivity index (χ0) is 18.8. The van der Waals surface area contributed by atoms with Gasteiger partial charge < -0.3 is 0 Å². The molecular weight excluding hydrogens is 372 g/mol. The Hall–Kier alpha value is -1.74. The van der Waals surface area contributed by atoms with Crippen molar-refractivity contribution >= 4 is 20.0 Å². The Balaban J connectivity index is 1.80. The first-order valence-electron chi connectivity index (χ1n) is 8.39. The number of benzene rings is 2. The summed E-state index contributed by atoms with van der Waals surface area (Å²) in [5.41, 5.74) is 1.48. The summed E-state index contributed by atoms with van der Waals surface area (Å²) in [6.07, 6.45) is 2.09. The SMILES string of the molecule is CS(=O)(=O)N1CCC(NS(=O)(=O)c2ccccc2-c2ccccc2)CC1. The minimum atomic E-state index is -3.71. The van der Waals surface area contributed by atoms with Crippen molar-refractivity contribution in [3.63, 3.8) is 0 Å². The van der Waals surface area contributed by atoms with E-state index in [9.17, 15) is 16.8 Å². The fourth-order valence-corrected chi connectivity index (χ4v) is 5.55. The highest BCUT2D eigenvalue weighted by Gasteiger charge is 2.29. The molecule has 8 heteroatoms. The number of nitrogens with zero attached hydrogens (tertiary/aromatic N) is 1. The van der Waals surface area contributed by atoms with Gasteiger partial charge in [-0.25, -0.2) is 25.9 Å². The van der Waals surface area contributed by atoms with Crippen molar-refractivity contribution in [1.29, 1.82) is 0 Å². The van der Waals surface area contributed by atoms with Crippen molar-refractivity contribution in [2.45, 2.75) is 23.8 Å². The second-order valence-electron chi connectivity index (χ2n) is 6.42. The molecule has 0 bridgehead atoms. The monoisotopic (exact) mass is 394 g/mol. The molecule has 6 nitrogen and oxygen atoms in total. The zero-order valence-electron chi connectivity index (χ0n) is 14.5. The average molecular weight is 395 g/mol. The van der Waals surface area contributed by atoms with Crippen LogP contribution in [0.1, 0.15) is 12.8 Å². The molecule has 26 heavy (non-hydrogen) atoms. The van der Waals surface area contributed by atoms with Crippen LogP contribution in [0.5, 0.6) is 0 Å². The summed E-state index contributed by atoms with van der Waals surface area (Å²) in [4.78, 5) is 0.233. The third kappa shape index (κ3) is 4.32. The highest BCUT2D eigenvalue weighted by Crippen LogP contribution is 2.27. The summed E-state index contributed by atoms with van der Waals surface area (Å²) in [5.74, 6) is 0. The molecule has 2 aromatic carbocycles. The smallest absolute Gasteiger partial charge is 0.213 e. The van der Waals surface area contributed by atoms with E-state index in [0.717, 1.165) is 5.56 Å². The minimum Gasteiger partial charge on any atom is -0.213 e. The van der Waals surface area contributed by atoms with E-state index in [1.165, 1.54) is 10.6 Å². The van der Waals surface area contributed by atoms with Crippen molar-refractivity contribution in [3.05, 3.63) is 54.6 Å². The lowest BCUT2D eigenvalue weighted by Crippen LogP contribution is -2.46. The van der Waals surface area contributed by atoms with Crippen LogP contribution in [0.3, 0.4) is 0 Å². The van der Waals surface area contributed by atoms with Gasteiger partial charge in [-0.1, -0.05) is 48.5 Å². The molecule has 3 rings (SSSR count). The van der Waals surface area contributed by atoms with E-state index in [1.54, 1.807) is 18.2 Å². The maximum absolute atomic E-state index is 12.9. The number of rotatable bonds is 5. The molecular formula is C18H22N2O4S2. The second kappa shape index (κ2) is 7.48. The fraction of sp³-hybridized carbons (Fsp3) is 0.333. The third-order valence-electron chi connectivity index (χ3n) is 4.51. The van der Waals surface area contributed by atoms with Crippen LogP contribution in [0.2, 0.25) is 0 Å². The topological polar surface area (TPSA) is 83.6 Å². The van der Waals surface area contributed by atoms with E-state index in [4.69, 9.17) is 0 Å². The van der Waals surface area contributed by atoms with E-state index >= 15 is 0 Å². The number of sulfonamides is 2. The van der Waals surface area contributed by atoms with Gasteiger partial charge in [-0.05, 0) is 24.5 Å². The van der Waals surface area contributed by atoms with Crippen LogP contribution in [0.4, 0.5) is 0 Å². The Labute approximate surface area is 155 Å². The zero-order valence-corrected chi connectivity index (χ0v) is 16.1. The van der Waals surface area contributed by atoms with Crippen LogP contribution in [-0.4, -0.2) is 46.5 Å². The first-order valence-corrected chi connectivity index (χ1v) is 11.7. The number of nitrogens with one attached hydrogen (secondary N) is 1. The summed E-state index contributed by atoms with van der Waals surface area (Å²) in [6.45, 7) is 0.651. The van der Waals surface area contributed by atoms with Gasteiger partial charge in [-0.2, -0.15) is 0 Å². The van der Waals surface area contributed by atoms with E-state index in [2.05, 4.69) is 4.72 Å². The van der Waals surface area contributed by atoms with Gasteiger partial charge in [0.15, 0.2) is 0 Å². The van der Waals surface area contributed by atoms with Crippen molar-refractivity contribution in [3.8, 4) is 11.1 Å². The molecule has 140 valence electrons. The molecule has 0 saturated carbocycles. The van der Waals surface area contributed by atoms with Gasteiger partial charge in [0.25, 0.3) is 0 Å². The Morgan fingerprint density at radius 3 is 2.08 bits per heavy atom. The van der Waals surface area contributed by atoms with Gasteiger partial charge in [0, 0.05) is 24.7 Å². The van der Waals surface area contributed by atoms with Crippen LogP contribution in [0, 0.1) is 0 Å². The van der Waals surface area contributed by atoms with Crippen LogP contribution >= 0.6 is 0 Å². The highest BCUT2D eigenvalue weighted by atomic mass is 32.2. The van der Waals surface area contributed by atoms with E-state index < -0.39 is 20.0 Å². The lowest BCUT2D eigenvalue weighted by atomic mass is 10.1. The van der Waals surface area contributed by atoms with Gasteiger partial charge in [-0.15, -0.1) is 0 Å². The minimum absolute atomic E-state index is 0.233. The molecule has 1 saturated heterocycles. The maximum atomic E-state index is 12.9. The maximum Gasteiger partial charge on any atom is 0.241 e.